The van der Waals surface area contributed by atoms with Crippen LogP contribution >= 0.6 is 11.8 Å². The van der Waals surface area contributed by atoms with E-state index in [1.165, 1.54) is 7.05 Å². The number of nitrogens with one attached hydrogen (secondary N) is 1. The summed E-state index contributed by atoms with van der Waals surface area (Å²) in [5.74, 6) is -2.44. The van der Waals surface area contributed by atoms with Crippen LogP contribution in [0.1, 0.15) is 20.8 Å². The van der Waals surface area contributed by atoms with Crippen molar-refractivity contribution in [3.05, 3.63) is 0 Å². The van der Waals surface area contributed by atoms with Gasteiger partial charge in [-0.1, -0.05) is 37.7 Å². The number of hydrogen-bond donors (Lipinski definition) is 1. The topological polar surface area (TPSA) is 50.7 Å². The molecule has 16 heavy (non-hydrogen) atoms. The van der Waals surface area contributed by atoms with E-state index in [0.717, 1.165) is 0 Å². The summed E-state index contributed by atoms with van der Waals surface area (Å²) in [4.78, 5) is 15.3. The number of oxime groups is 1. The number of carbonyl (C=O) groups is 1. The first-order valence-corrected chi connectivity index (χ1v) is 5.68. The van der Waals surface area contributed by atoms with Crippen LogP contribution in [-0.2, 0) is 4.84 Å². The molecule has 0 bridgehead atoms. The smallest absolute Gasteiger partial charge is 0.323 e. The van der Waals surface area contributed by atoms with Crippen molar-refractivity contribution in [3.63, 3.8) is 0 Å². The average molecular weight is 254 g/mol. The highest BCUT2D eigenvalue weighted by Crippen LogP contribution is 2.22. The fraction of sp³-hybridized carbons (Fsp3) is 0.778. The van der Waals surface area contributed by atoms with Crippen LogP contribution < -0.4 is 5.32 Å². The van der Waals surface area contributed by atoms with Crippen LogP contribution in [0.2, 0.25) is 0 Å². The number of amides is 1. The first-order chi connectivity index (χ1) is 7.27. The van der Waals surface area contributed by atoms with Gasteiger partial charge in [0, 0.05) is 18.2 Å². The molecule has 0 unspecified atom stereocenters. The molecule has 7 heteroatoms. The van der Waals surface area contributed by atoms with Crippen molar-refractivity contribution < 1.29 is 18.4 Å². The lowest BCUT2D eigenvalue weighted by molar-refractivity contribution is 0.152. The molecule has 4 nitrogen and oxygen atoms in total. The molecule has 0 aliphatic rings. The highest BCUT2D eigenvalue weighted by atomic mass is 32.2. The number of carbonyl (C=O) groups excluding carboxylic acids is 1. The molecule has 0 aromatic rings. The minimum absolute atomic E-state index is 0.0260. The Hall–Kier alpha value is -0.850. The zero-order valence-corrected chi connectivity index (χ0v) is 10.5. The van der Waals surface area contributed by atoms with Crippen molar-refractivity contribution >= 4 is 23.6 Å². The van der Waals surface area contributed by atoms with Gasteiger partial charge < -0.3 is 5.32 Å². The number of halogens is 2. The van der Waals surface area contributed by atoms with Crippen molar-refractivity contribution in [2.75, 3.05) is 12.8 Å². The Morgan fingerprint density at radius 3 is 2.44 bits per heavy atom. The summed E-state index contributed by atoms with van der Waals surface area (Å²) < 4.78 is 24.1. The Balaban J connectivity index is 4.49. The van der Waals surface area contributed by atoms with Crippen molar-refractivity contribution in [2.24, 2.45) is 10.6 Å². The normalized spacial score (nSPS) is 12.8. The van der Waals surface area contributed by atoms with E-state index in [1.807, 2.05) is 20.8 Å². The zero-order chi connectivity index (χ0) is 12.8. The van der Waals surface area contributed by atoms with Crippen LogP contribution in [-0.4, -0.2) is 30.4 Å². The predicted octanol–water partition coefficient (Wildman–Crippen LogP) is 2.70. The number of hydrogen-bond acceptors (Lipinski definition) is 4. The monoisotopic (exact) mass is 254 g/mol. The van der Waals surface area contributed by atoms with Gasteiger partial charge in [-0.25, -0.2) is 4.79 Å². The first-order valence-electron chi connectivity index (χ1n) is 4.63. The molecule has 94 valence electrons. The molecule has 0 saturated carbocycles. The fourth-order valence-electron chi connectivity index (χ4n) is 0.664. The Bertz CT molecular complexity index is 265. The van der Waals surface area contributed by atoms with Gasteiger partial charge in [0.1, 0.15) is 0 Å². The molecule has 0 atom stereocenters. The molecular weight excluding hydrogens is 238 g/mol. The molecule has 1 amide bonds. The Kier molecular flexibility index (Phi) is 6.32. The summed E-state index contributed by atoms with van der Waals surface area (Å²) >= 11 is 0.450. The second-order valence-electron chi connectivity index (χ2n) is 3.99. The molecule has 0 aliphatic carbocycles. The van der Waals surface area contributed by atoms with Gasteiger partial charge in [-0.05, 0) is 0 Å². The first kappa shape index (κ1) is 15.2. The van der Waals surface area contributed by atoms with Gasteiger partial charge in [-0.3, -0.25) is 4.84 Å². The minimum Gasteiger partial charge on any atom is -0.323 e. The third-order valence-corrected chi connectivity index (χ3v) is 2.35. The maximum Gasteiger partial charge on any atom is 0.433 e. The second kappa shape index (κ2) is 6.67. The van der Waals surface area contributed by atoms with Crippen molar-refractivity contribution in [3.8, 4) is 0 Å². The Labute approximate surface area is 97.8 Å². The third kappa shape index (κ3) is 6.60. The lowest BCUT2D eigenvalue weighted by atomic mass is 9.91. The highest BCUT2D eigenvalue weighted by molar-refractivity contribution is 8.00. The van der Waals surface area contributed by atoms with Crippen LogP contribution in [0, 0.1) is 5.41 Å². The largest absolute Gasteiger partial charge is 0.433 e. The van der Waals surface area contributed by atoms with Crippen molar-refractivity contribution in [1.29, 1.82) is 0 Å². The molecule has 0 aliphatic heterocycles. The molecule has 0 aromatic carbocycles. The summed E-state index contributed by atoms with van der Waals surface area (Å²) in [6, 6.07) is 0. The van der Waals surface area contributed by atoms with Gasteiger partial charge in [0.05, 0.1) is 5.71 Å². The van der Waals surface area contributed by atoms with Gasteiger partial charge in [-0.15, -0.1) is 0 Å². The van der Waals surface area contributed by atoms with E-state index in [2.05, 4.69) is 15.3 Å². The van der Waals surface area contributed by atoms with Crippen LogP contribution in [0.15, 0.2) is 5.16 Å². The number of nitrogens with zero attached hydrogens (tertiary/aromatic N) is 1. The van der Waals surface area contributed by atoms with Gasteiger partial charge in [-0.2, -0.15) is 8.78 Å². The molecular formula is C9H16F2N2O2S. The summed E-state index contributed by atoms with van der Waals surface area (Å²) in [6.45, 7) is 5.43. The molecule has 0 spiro atoms. The van der Waals surface area contributed by atoms with Crippen LogP contribution in [0.3, 0.4) is 0 Å². The van der Waals surface area contributed by atoms with E-state index in [1.54, 1.807) is 0 Å². The summed E-state index contributed by atoms with van der Waals surface area (Å²) in [5.41, 5.74) is -0.0166. The minimum atomic E-state index is -2.47. The second-order valence-corrected chi connectivity index (χ2v) is 4.97. The summed E-state index contributed by atoms with van der Waals surface area (Å²) in [7, 11) is 1.39. The molecule has 0 radical (unpaired) electrons. The van der Waals surface area contributed by atoms with Gasteiger partial charge in [0.25, 0.3) is 5.76 Å². The summed E-state index contributed by atoms with van der Waals surface area (Å²) in [5, 5.41) is 5.80. The number of thioether (sulfide) groups is 1. The van der Waals surface area contributed by atoms with Crippen LogP contribution in [0.4, 0.5) is 13.6 Å². The quantitative estimate of drug-likeness (QED) is 0.477. The van der Waals surface area contributed by atoms with E-state index in [0.29, 0.717) is 17.5 Å². The standard InChI is InChI=1S/C9H16F2N2O2S/c1-9(2,3)6(5-16-7(10)11)13-15-8(14)12-4/h7H,5H2,1-4H3,(H,12,14)/b13-6+. The van der Waals surface area contributed by atoms with Crippen molar-refractivity contribution in [1.82, 2.24) is 5.32 Å². The van der Waals surface area contributed by atoms with Gasteiger partial charge >= 0.3 is 6.09 Å². The third-order valence-electron chi connectivity index (χ3n) is 1.65. The predicted molar refractivity (Wildman–Crippen MR) is 60.9 cm³/mol. The lowest BCUT2D eigenvalue weighted by Gasteiger charge is -2.20. The molecule has 1 N–H and O–H groups in total. The zero-order valence-electron chi connectivity index (χ0n) is 9.71. The SMILES string of the molecule is CNC(=O)O/N=C(\CSC(F)F)C(C)(C)C. The maximum atomic E-state index is 12.0. The molecule has 0 fully saturated rings. The van der Waals surface area contributed by atoms with E-state index in [9.17, 15) is 13.6 Å². The lowest BCUT2D eigenvalue weighted by Crippen LogP contribution is -2.25. The Morgan fingerprint density at radius 2 is 2.06 bits per heavy atom. The van der Waals surface area contributed by atoms with Gasteiger partial charge in [0.15, 0.2) is 0 Å². The van der Waals surface area contributed by atoms with Gasteiger partial charge in [0.2, 0.25) is 0 Å². The van der Waals surface area contributed by atoms with Crippen LogP contribution in [0.5, 0.6) is 0 Å². The maximum absolute atomic E-state index is 12.0. The van der Waals surface area contributed by atoms with E-state index < -0.39 is 17.3 Å². The number of rotatable bonds is 4. The molecule has 0 saturated heterocycles. The van der Waals surface area contributed by atoms with E-state index >= 15 is 0 Å². The van der Waals surface area contributed by atoms with E-state index in [-0.39, 0.29) is 5.75 Å². The van der Waals surface area contributed by atoms with Crippen molar-refractivity contribution in [2.45, 2.75) is 26.5 Å². The summed E-state index contributed by atoms with van der Waals surface area (Å²) in [6.07, 6.45) is -0.719. The van der Waals surface area contributed by atoms with E-state index in [4.69, 9.17) is 0 Å². The highest BCUT2D eigenvalue weighted by Gasteiger charge is 2.22. The average Bonchev–Trinajstić information content (AvgIpc) is 2.14. The van der Waals surface area contributed by atoms with Crippen LogP contribution in [0.25, 0.3) is 0 Å². The Morgan fingerprint density at radius 1 is 1.50 bits per heavy atom. The molecule has 0 rings (SSSR count). The fourth-order valence-corrected chi connectivity index (χ4v) is 1.43. The molecule has 0 aromatic heterocycles. The molecule has 0 heterocycles. The number of alkyl halides is 2.